The van der Waals surface area contributed by atoms with Crippen molar-refractivity contribution >= 4 is 17.7 Å². The molecule has 1 fully saturated rings. The molecule has 6 nitrogen and oxygen atoms in total. The third-order valence-corrected chi connectivity index (χ3v) is 6.66. The van der Waals surface area contributed by atoms with Crippen LogP contribution in [0.15, 0.2) is 65.8 Å². The first-order chi connectivity index (χ1) is 15.8. The van der Waals surface area contributed by atoms with Gasteiger partial charge in [0.15, 0.2) is 5.16 Å². The van der Waals surface area contributed by atoms with Crippen molar-refractivity contribution in [3.63, 3.8) is 0 Å². The van der Waals surface area contributed by atoms with Crippen LogP contribution in [-0.2, 0) is 11.2 Å². The lowest BCUT2D eigenvalue weighted by atomic mass is 10.1. The molecule has 1 amide bonds. The fraction of sp³-hybridized carbons (Fsp3) is 0.400. The van der Waals surface area contributed by atoms with Crippen molar-refractivity contribution in [1.29, 1.82) is 0 Å². The fourth-order valence-electron chi connectivity index (χ4n) is 3.97. The van der Waals surface area contributed by atoms with Gasteiger partial charge in [-0.05, 0) is 50.0 Å². The van der Waals surface area contributed by atoms with E-state index in [2.05, 4.69) is 49.2 Å². The summed E-state index contributed by atoms with van der Waals surface area (Å²) in [6, 6.07) is 20.6. The quantitative estimate of drug-likeness (QED) is 0.355. The summed E-state index contributed by atoms with van der Waals surface area (Å²) in [6.07, 6.45) is 4.65. The van der Waals surface area contributed by atoms with Crippen molar-refractivity contribution in [2.75, 3.05) is 31.9 Å². The number of nitrogens with zero attached hydrogens (tertiary/aromatic N) is 4. The minimum Gasteiger partial charge on any atom is -0.355 e. The minimum absolute atomic E-state index is 0.138. The Morgan fingerprint density at radius 2 is 1.69 bits per heavy atom. The summed E-state index contributed by atoms with van der Waals surface area (Å²) in [5.74, 6) is 1.89. The number of likely N-dealkylation sites (tertiary alicyclic amines) is 1. The highest BCUT2D eigenvalue weighted by molar-refractivity contribution is 7.99. The van der Waals surface area contributed by atoms with Crippen LogP contribution in [0.5, 0.6) is 0 Å². The molecule has 0 saturated carbocycles. The van der Waals surface area contributed by atoms with Gasteiger partial charge in [0.2, 0.25) is 5.91 Å². The van der Waals surface area contributed by atoms with E-state index in [1.165, 1.54) is 31.5 Å². The molecule has 4 rings (SSSR count). The fourth-order valence-corrected chi connectivity index (χ4v) is 4.88. The molecule has 2 aromatic carbocycles. The van der Waals surface area contributed by atoms with Crippen molar-refractivity contribution in [2.45, 2.75) is 37.3 Å². The first kappa shape index (κ1) is 22.6. The maximum Gasteiger partial charge on any atom is 0.220 e. The molecule has 32 heavy (non-hydrogen) atoms. The van der Waals surface area contributed by atoms with Crippen molar-refractivity contribution in [2.24, 2.45) is 0 Å². The molecule has 1 aliphatic rings. The number of benzene rings is 2. The Balaban J connectivity index is 1.30. The second-order valence-electron chi connectivity index (χ2n) is 8.08. The molecule has 0 unspecified atom stereocenters. The van der Waals surface area contributed by atoms with E-state index < -0.39 is 0 Å². The molecule has 0 radical (unpaired) electrons. The summed E-state index contributed by atoms with van der Waals surface area (Å²) in [4.78, 5) is 14.6. The minimum atomic E-state index is 0.138. The normalized spacial score (nSPS) is 14.0. The molecule has 0 atom stereocenters. The van der Waals surface area contributed by atoms with Crippen LogP contribution in [0.3, 0.4) is 0 Å². The van der Waals surface area contributed by atoms with Crippen LogP contribution >= 0.6 is 11.8 Å². The van der Waals surface area contributed by atoms with Gasteiger partial charge < -0.3 is 10.2 Å². The topological polar surface area (TPSA) is 63.1 Å². The van der Waals surface area contributed by atoms with Crippen LogP contribution in [-0.4, -0.2) is 57.5 Å². The van der Waals surface area contributed by atoms with E-state index in [0.29, 0.717) is 6.42 Å². The molecule has 1 saturated heterocycles. The molecule has 7 heteroatoms. The number of para-hydroxylation sites is 1. The third-order valence-electron chi connectivity index (χ3n) is 5.65. The molecule has 2 heterocycles. The Hall–Kier alpha value is -2.64. The van der Waals surface area contributed by atoms with E-state index in [1.807, 2.05) is 36.4 Å². The zero-order valence-corrected chi connectivity index (χ0v) is 19.3. The van der Waals surface area contributed by atoms with Crippen LogP contribution in [0.1, 0.15) is 37.1 Å². The molecule has 1 aromatic heterocycles. The maximum absolute atomic E-state index is 12.2. The van der Waals surface area contributed by atoms with E-state index in [-0.39, 0.29) is 5.91 Å². The smallest absolute Gasteiger partial charge is 0.220 e. The van der Waals surface area contributed by atoms with Crippen LogP contribution in [0, 0.1) is 0 Å². The number of hydrogen-bond donors (Lipinski definition) is 1. The average Bonchev–Trinajstić information content (AvgIpc) is 3.48. The number of thioether (sulfide) groups is 1. The van der Waals surface area contributed by atoms with E-state index in [1.54, 1.807) is 11.8 Å². The van der Waals surface area contributed by atoms with Gasteiger partial charge in [-0.1, -0.05) is 60.3 Å². The van der Waals surface area contributed by atoms with E-state index in [4.69, 9.17) is 0 Å². The van der Waals surface area contributed by atoms with Crippen molar-refractivity contribution < 1.29 is 4.79 Å². The highest BCUT2D eigenvalue weighted by Crippen LogP contribution is 2.24. The molecule has 1 N–H and O–H groups in total. The third kappa shape index (κ3) is 6.43. The summed E-state index contributed by atoms with van der Waals surface area (Å²) in [7, 11) is 0. The van der Waals surface area contributed by atoms with Gasteiger partial charge in [-0.15, -0.1) is 10.2 Å². The lowest BCUT2D eigenvalue weighted by molar-refractivity contribution is -0.121. The Bertz CT molecular complexity index is 971. The SMILES string of the molecule is O=C(CCCSc1nnc(Cc2ccccc2)n1-c1ccccc1)NCCN1CCCC1. The maximum atomic E-state index is 12.2. The van der Waals surface area contributed by atoms with Gasteiger partial charge in [0, 0.05) is 37.4 Å². The summed E-state index contributed by atoms with van der Waals surface area (Å²) in [5.41, 5.74) is 2.27. The van der Waals surface area contributed by atoms with Gasteiger partial charge >= 0.3 is 0 Å². The first-order valence-electron chi connectivity index (χ1n) is 11.4. The van der Waals surface area contributed by atoms with Gasteiger partial charge in [0.05, 0.1) is 0 Å². The van der Waals surface area contributed by atoms with E-state index in [0.717, 1.165) is 48.4 Å². The Morgan fingerprint density at radius 1 is 0.969 bits per heavy atom. The molecular formula is C25H31N5OS. The zero-order chi connectivity index (χ0) is 22.0. The highest BCUT2D eigenvalue weighted by atomic mass is 32.2. The monoisotopic (exact) mass is 449 g/mol. The number of nitrogens with one attached hydrogen (secondary N) is 1. The van der Waals surface area contributed by atoms with Gasteiger partial charge in [-0.3, -0.25) is 9.36 Å². The molecule has 168 valence electrons. The first-order valence-corrected chi connectivity index (χ1v) is 12.4. The van der Waals surface area contributed by atoms with Gasteiger partial charge in [0.1, 0.15) is 5.82 Å². The van der Waals surface area contributed by atoms with Crippen molar-refractivity contribution in [1.82, 2.24) is 25.0 Å². The Morgan fingerprint density at radius 3 is 2.44 bits per heavy atom. The standard InChI is InChI=1S/C25H31N5OS/c31-24(26-15-18-29-16-7-8-17-29)14-9-19-32-25-28-27-23(20-21-10-3-1-4-11-21)30(25)22-12-5-2-6-13-22/h1-6,10-13H,7-9,14-20H2,(H,26,31). The molecule has 1 aliphatic heterocycles. The molecule has 0 bridgehead atoms. The average molecular weight is 450 g/mol. The Labute approximate surface area is 194 Å². The number of carbonyl (C=O) groups is 1. The van der Waals surface area contributed by atoms with E-state index >= 15 is 0 Å². The number of rotatable bonds is 11. The van der Waals surface area contributed by atoms with Crippen molar-refractivity contribution in [3.05, 3.63) is 72.1 Å². The number of aromatic nitrogens is 3. The van der Waals surface area contributed by atoms with E-state index in [9.17, 15) is 4.79 Å². The number of amides is 1. The van der Waals surface area contributed by atoms with Crippen LogP contribution in [0.4, 0.5) is 0 Å². The summed E-state index contributed by atoms with van der Waals surface area (Å²) in [6.45, 7) is 4.05. The Kier molecular flexibility index (Phi) is 8.34. The predicted molar refractivity (Wildman–Crippen MR) is 129 cm³/mol. The summed E-state index contributed by atoms with van der Waals surface area (Å²) < 4.78 is 2.13. The van der Waals surface area contributed by atoms with Crippen LogP contribution in [0.25, 0.3) is 5.69 Å². The van der Waals surface area contributed by atoms with Gasteiger partial charge in [-0.25, -0.2) is 0 Å². The molecule has 3 aromatic rings. The van der Waals surface area contributed by atoms with Crippen LogP contribution < -0.4 is 5.32 Å². The number of carbonyl (C=O) groups excluding carboxylic acids is 1. The summed E-state index contributed by atoms with van der Waals surface area (Å²) in [5, 5.41) is 12.9. The second-order valence-corrected chi connectivity index (χ2v) is 9.14. The lowest BCUT2D eigenvalue weighted by Gasteiger charge is -2.14. The second kappa shape index (κ2) is 11.8. The molecule has 0 spiro atoms. The molecular weight excluding hydrogens is 418 g/mol. The molecule has 0 aliphatic carbocycles. The number of hydrogen-bond acceptors (Lipinski definition) is 5. The zero-order valence-electron chi connectivity index (χ0n) is 18.4. The van der Waals surface area contributed by atoms with Gasteiger partial charge in [0.25, 0.3) is 0 Å². The predicted octanol–water partition coefficient (Wildman–Crippen LogP) is 3.94. The van der Waals surface area contributed by atoms with Gasteiger partial charge in [-0.2, -0.15) is 0 Å². The summed E-state index contributed by atoms with van der Waals surface area (Å²) >= 11 is 1.66. The lowest BCUT2D eigenvalue weighted by Crippen LogP contribution is -2.33. The van der Waals surface area contributed by atoms with Crippen molar-refractivity contribution in [3.8, 4) is 5.69 Å². The highest BCUT2D eigenvalue weighted by Gasteiger charge is 2.15. The van der Waals surface area contributed by atoms with Crippen LogP contribution in [0.2, 0.25) is 0 Å². The largest absolute Gasteiger partial charge is 0.355 e.